The molecule has 0 saturated heterocycles. The lowest BCUT2D eigenvalue weighted by atomic mass is 10.0. The highest BCUT2D eigenvalue weighted by Gasteiger charge is 2.22. The fourth-order valence-corrected chi connectivity index (χ4v) is 4.86. The smallest absolute Gasteiger partial charge is 0.124 e. The summed E-state index contributed by atoms with van der Waals surface area (Å²) in [6, 6.07) is 7.47. The van der Waals surface area contributed by atoms with Crippen molar-refractivity contribution in [2.24, 2.45) is 5.84 Å². The molecule has 7 heteroatoms. The monoisotopic (exact) mass is 420 g/mol. The molecule has 108 valence electrons. The number of rotatable bonds is 5. The zero-order valence-corrected chi connectivity index (χ0v) is 14.9. The Morgan fingerprint density at radius 2 is 1.90 bits per heavy atom. The molecule has 1 heterocycles. The van der Waals surface area contributed by atoms with Gasteiger partial charge < -0.3 is 9.47 Å². The van der Waals surface area contributed by atoms with Gasteiger partial charge in [-0.3, -0.25) is 5.84 Å². The predicted octanol–water partition coefficient (Wildman–Crippen LogP) is 3.84. The fourth-order valence-electron chi connectivity index (χ4n) is 1.96. The van der Waals surface area contributed by atoms with Gasteiger partial charge in [0.2, 0.25) is 0 Å². The Morgan fingerprint density at radius 1 is 1.15 bits per heavy atom. The van der Waals surface area contributed by atoms with Crippen LogP contribution in [0.25, 0.3) is 0 Å². The van der Waals surface area contributed by atoms with E-state index in [4.69, 9.17) is 15.3 Å². The van der Waals surface area contributed by atoms with Crippen molar-refractivity contribution in [2.45, 2.75) is 6.04 Å². The summed E-state index contributed by atoms with van der Waals surface area (Å²) in [4.78, 5) is 0. The molecule has 1 unspecified atom stereocenters. The molecule has 0 radical (unpaired) electrons. The van der Waals surface area contributed by atoms with Gasteiger partial charge in [0.1, 0.15) is 11.5 Å². The number of methoxy groups -OCH3 is 2. The van der Waals surface area contributed by atoms with E-state index in [0.29, 0.717) is 0 Å². The van der Waals surface area contributed by atoms with E-state index < -0.39 is 0 Å². The number of nitrogens with two attached hydrogens (primary N) is 1. The van der Waals surface area contributed by atoms with Crippen LogP contribution in [0.1, 0.15) is 17.2 Å². The second kappa shape index (κ2) is 6.91. The highest BCUT2D eigenvalue weighted by molar-refractivity contribution is 9.12. The molecule has 3 N–H and O–H groups in total. The zero-order chi connectivity index (χ0) is 14.7. The van der Waals surface area contributed by atoms with Crippen LogP contribution < -0.4 is 20.7 Å². The number of ether oxygens (including phenoxy) is 2. The molecule has 1 aromatic heterocycles. The Kier molecular flexibility index (Phi) is 5.45. The first kappa shape index (κ1) is 15.8. The van der Waals surface area contributed by atoms with Crippen LogP contribution in [0.5, 0.6) is 11.5 Å². The molecule has 0 bridgehead atoms. The van der Waals surface area contributed by atoms with E-state index in [1.807, 2.05) is 24.3 Å². The molecule has 0 fully saturated rings. The highest BCUT2D eigenvalue weighted by atomic mass is 79.9. The average molecular weight is 422 g/mol. The standard InChI is InChI=1S/C13H14Br2N2O2S/c1-18-7-3-4-10(19-2)8(5-7)12(17-16)9-6-11(14)20-13(9)15/h3-6,12,17H,16H2,1-2H3. The van der Waals surface area contributed by atoms with Crippen molar-refractivity contribution in [1.29, 1.82) is 0 Å². The Morgan fingerprint density at radius 3 is 2.40 bits per heavy atom. The minimum Gasteiger partial charge on any atom is -0.497 e. The number of nitrogens with one attached hydrogen (secondary N) is 1. The summed E-state index contributed by atoms with van der Waals surface area (Å²) in [6.07, 6.45) is 0. The summed E-state index contributed by atoms with van der Waals surface area (Å²) in [5.41, 5.74) is 4.79. The SMILES string of the molecule is COc1ccc(OC)c(C(NN)c2cc(Br)sc2Br)c1. The molecular weight excluding hydrogens is 408 g/mol. The molecule has 2 aromatic rings. The van der Waals surface area contributed by atoms with Crippen LogP contribution in [-0.4, -0.2) is 14.2 Å². The zero-order valence-electron chi connectivity index (χ0n) is 10.9. The van der Waals surface area contributed by atoms with Gasteiger partial charge in [0.25, 0.3) is 0 Å². The van der Waals surface area contributed by atoms with E-state index in [1.54, 1.807) is 25.6 Å². The van der Waals surface area contributed by atoms with Crippen molar-refractivity contribution >= 4 is 43.2 Å². The number of thiophene rings is 1. The average Bonchev–Trinajstić information content (AvgIpc) is 2.78. The second-order valence-electron chi connectivity index (χ2n) is 3.99. The van der Waals surface area contributed by atoms with Gasteiger partial charge >= 0.3 is 0 Å². The lowest BCUT2D eigenvalue weighted by molar-refractivity contribution is 0.394. The topological polar surface area (TPSA) is 56.5 Å². The van der Waals surface area contributed by atoms with E-state index in [0.717, 1.165) is 30.2 Å². The van der Waals surface area contributed by atoms with Crippen molar-refractivity contribution < 1.29 is 9.47 Å². The third-order valence-electron chi connectivity index (χ3n) is 2.91. The first-order valence-corrected chi connectivity index (χ1v) is 8.13. The molecule has 0 saturated carbocycles. The number of benzene rings is 1. The fraction of sp³-hybridized carbons (Fsp3) is 0.231. The Labute approximate surface area is 138 Å². The number of hydrazine groups is 1. The Balaban J connectivity index is 2.53. The van der Waals surface area contributed by atoms with Crippen LogP contribution in [0.2, 0.25) is 0 Å². The molecule has 0 amide bonds. The van der Waals surface area contributed by atoms with Gasteiger partial charge in [-0.25, -0.2) is 5.43 Å². The molecule has 0 aliphatic carbocycles. The van der Waals surface area contributed by atoms with E-state index in [1.165, 1.54) is 0 Å². The minimum absolute atomic E-state index is 0.197. The third kappa shape index (κ3) is 3.17. The van der Waals surface area contributed by atoms with Gasteiger partial charge in [-0.05, 0) is 56.1 Å². The highest BCUT2D eigenvalue weighted by Crippen LogP contribution is 2.40. The van der Waals surface area contributed by atoms with Gasteiger partial charge in [-0.2, -0.15) is 0 Å². The van der Waals surface area contributed by atoms with Gasteiger partial charge in [0.05, 0.1) is 27.8 Å². The lowest BCUT2D eigenvalue weighted by Gasteiger charge is -2.19. The summed E-state index contributed by atoms with van der Waals surface area (Å²) in [6.45, 7) is 0. The summed E-state index contributed by atoms with van der Waals surface area (Å²) < 4.78 is 12.7. The van der Waals surface area contributed by atoms with Gasteiger partial charge in [-0.1, -0.05) is 0 Å². The maximum Gasteiger partial charge on any atom is 0.124 e. The summed E-state index contributed by atoms with van der Waals surface area (Å²) >= 11 is 8.64. The number of hydrogen-bond donors (Lipinski definition) is 2. The quantitative estimate of drug-likeness (QED) is 0.568. The molecule has 1 aromatic carbocycles. The first-order chi connectivity index (χ1) is 9.60. The summed E-state index contributed by atoms with van der Waals surface area (Å²) in [7, 11) is 3.27. The summed E-state index contributed by atoms with van der Waals surface area (Å²) in [5, 5.41) is 0. The molecule has 0 aliphatic heterocycles. The van der Waals surface area contributed by atoms with Crippen molar-refractivity contribution in [3.8, 4) is 11.5 Å². The molecular formula is C13H14Br2N2O2S. The van der Waals surface area contributed by atoms with Crippen molar-refractivity contribution in [2.75, 3.05) is 14.2 Å². The van der Waals surface area contributed by atoms with E-state index in [9.17, 15) is 0 Å². The van der Waals surface area contributed by atoms with Crippen LogP contribution in [0, 0.1) is 0 Å². The van der Waals surface area contributed by atoms with Crippen LogP contribution in [0.15, 0.2) is 31.8 Å². The van der Waals surface area contributed by atoms with Gasteiger partial charge in [0, 0.05) is 11.1 Å². The lowest BCUT2D eigenvalue weighted by Crippen LogP contribution is -2.29. The maximum atomic E-state index is 5.75. The Hall–Kier alpha value is -0.600. The van der Waals surface area contributed by atoms with Crippen LogP contribution in [0.3, 0.4) is 0 Å². The van der Waals surface area contributed by atoms with Crippen LogP contribution in [0.4, 0.5) is 0 Å². The second-order valence-corrected chi connectivity index (χ2v) is 7.74. The molecule has 20 heavy (non-hydrogen) atoms. The molecule has 0 aliphatic rings. The third-order valence-corrected chi connectivity index (χ3v) is 5.29. The van der Waals surface area contributed by atoms with Crippen LogP contribution >= 0.6 is 43.2 Å². The predicted molar refractivity (Wildman–Crippen MR) is 88.4 cm³/mol. The molecule has 1 atom stereocenters. The number of halogens is 2. The summed E-state index contributed by atoms with van der Waals surface area (Å²) in [5.74, 6) is 7.26. The van der Waals surface area contributed by atoms with E-state index in [2.05, 4.69) is 37.3 Å². The van der Waals surface area contributed by atoms with Gasteiger partial charge in [0.15, 0.2) is 0 Å². The minimum atomic E-state index is -0.197. The first-order valence-electron chi connectivity index (χ1n) is 5.73. The normalized spacial score (nSPS) is 12.2. The van der Waals surface area contributed by atoms with Crippen molar-refractivity contribution in [3.05, 3.63) is 43.0 Å². The van der Waals surface area contributed by atoms with E-state index >= 15 is 0 Å². The van der Waals surface area contributed by atoms with Crippen molar-refractivity contribution in [1.82, 2.24) is 5.43 Å². The molecule has 2 rings (SSSR count). The molecule has 4 nitrogen and oxygen atoms in total. The Bertz CT molecular complexity index is 604. The maximum absolute atomic E-state index is 5.75. The van der Waals surface area contributed by atoms with Crippen molar-refractivity contribution in [3.63, 3.8) is 0 Å². The van der Waals surface area contributed by atoms with E-state index in [-0.39, 0.29) is 6.04 Å². The molecule has 0 spiro atoms. The number of hydrogen-bond acceptors (Lipinski definition) is 5. The van der Waals surface area contributed by atoms with Gasteiger partial charge in [-0.15, -0.1) is 11.3 Å². The van der Waals surface area contributed by atoms with Crippen LogP contribution in [-0.2, 0) is 0 Å². The largest absolute Gasteiger partial charge is 0.497 e.